The normalized spacial score (nSPS) is 11.7. The van der Waals surface area contributed by atoms with Gasteiger partial charge in [-0.3, -0.25) is 4.79 Å². The smallest absolute Gasteiger partial charge is 0.231 e. The van der Waals surface area contributed by atoms with Gasteiger partial charge in [0.05, 0.1) is 7.11 Å². The molecule has 120 valence electrons. The number of fused-ring (bicyclic) bond motifs is 1. The Morgan fingerprint density at radius 1 is 1.30 bits per heavy atom. The van der Waals surface area contributed by atoms with Crippen LogP contribution in [0.4, 0.5) is 5.13 Å². The van der Waals surface area contributed by atoms with Crippen LogP contribution < -0.4 is 10.1 Å². The number of methoxy groups -OCH3 is 1. The first-order chi connectivity index (χ1) is 10.9. The number of nitrogens with zero attached hydrogens (tertiary/aromatic N) is 1. The number of amides is 1. The number of anilines is 1. The van der Waals surface area contributed by atoms with Crippen LogP contribution in [0, 0.1) is 5.41 Å². The van der Waals surface area contributed by atoms with Crippen LogP contribution in [0.1, 0.15) is 20.8 Å². The van der Waals surface area contributed by atoms with Gasteiger partial charge in [-0.1, -0.05) is 20.8 Å². The van der Waals surface area contributed by atoms with E-state index >= 15 is 0 Å². The van der Waals surface area contributed by atoms with Crippen molar-refractivity contribution in [1.82, 2.24) is 4.98 Å². The van der Waals surface area contributed by atoms with E-state index < -0.39 is 5.41 Å². The number of hydrogen-bond acceptors (Lipinski definition) is 5. The molecule has 0 fully saturated rings. The van der Waals surface area contributed by atoms with Gasteiger partial charge in [0.2, 0.25) is 5.91 Å². The summed E-state index contributed by atoms with van der Waals surface area (Å²) < 4.78 is 11.0. The number of benzene rings is 1. The zero-order valence-electron chi connectivity index (χ0n) is 13.5. The van der Waals surface area contributed by atoms with E-state index in [1.807, 2.05) is 50.4 Å². The van der Waals surface area contributed by atoms with Gasteiger partial charge in [-0.2, -0.15) is 0 Å². The fourth-order valence-corrected chi connectivity index (χ4v) is 2.70. The number of carbonyl (C=O) groups is 1. The van der Waals surface area contributed by atoms with Crippen LogP contribution in [0.2, 0.25) is 0 Å². The Morgan fingerprint density at radius 2 is 2.09 bits per heavy atom. The molecule has 1 amide bonds. The summed E-state index contributed by atoms with van der Waals surface area (Å²) in [5.74, 6) is 1.38. The van der Waals surface area contributed by atoms with Crippen molar-refractivity contribution in [3.63, 3.8) is 0 Å². The van der Waals surface area contributed by atoms with Crippen molar-refractivity contribution in [3.8, 4) is 17.2 Å². The molecule has 6 heteroatoms. The van der Waals surface area contributed by atoms with E-state index in [1.165, 1.54) is 11.3 Å². The highest BCUT2D eigenvalue weighted by Gasteiger charge is 2.22. The van der Waals surface area contributed by atoms with Crippen molar-refractivity contribution < 1.29 is 13.9 Å². The molecule has 3 aromatic rings. The van der Waals surface area contributed by atoms with Crippen molar-refractivity contribution in [2.75, 3.05) is 12.4 Å². The first-order valence-electron chi connectivity index (χ1n) is 7.22. The number of aromatic nitrogens is 1. The lowest BCUT2D eigenvalue weighted by molar-refractivity contribution is -0.123. The molecule has 0 aliphatic rings. The van der Waals surface area contributed by atoms with E-state index in [-0.39, 0.29) is 5.91 Å². The molecule has 0 unspecified atom stereocenters. The Kier molecular flexibility index (Phi) is 3.85. The second kappa shape index (κ2) is 5.70. The number of ether oxygens (including phenoxy) is 1. The van der Waals surface area contributed by atoms with Crippen LogP contribution in [0.15, 0.2) is 34.1 Å². The maximum absolute atomic E-state index is 12.0. The third kappa shape index (κ3) is 3.22. The van der Waals surface area contributed by atoms with Crippen molar-refractivity contribution >= 4 is 33.3 Å². The molecule has 5 nitrogen and oxygen atoms in total. The molecule has 0 saturated heterocycles. The monoisotopic (exact) mass is 330 g/mol. The summed E-state index contributed by atoms with van der Waals surface area (Å²) in [7, 11) is 1.63. The van der Waals surface area contributed by atoms with E-state index in [1.54, 1.807) is 7.11 Å². The molecule has 23 heavy (non-hydrogen) atoms. The van der Waals surface area contributed by atoms with Gasteiger partial charge in [-0.15, -0.1) is 11.3 Å². The van der Waals surface area contributed by atoms with Gasteiger partial charge in [0, 0.05) is 16.2 Å². The molecule has 2 heterocycles. The average Bonchev–Trinajstić information content (AvgIpc) is 3.11. The van der Waals surface area contributed by atoms with Crippen LogP contribution >= 0.6 is 11.3 Å². The molecule has 0 atom stereocenters. The molecule has 0 saturated carbocycles. The van der Waals surface area contributed by atoms with Gasteiger partial charge in [-0.05, 0) is 24.3 Å². The lowest BCUT2D eigenvalue weighted by Gasteiger charge is -2.15. The first-order valence-corrected chi connectivity index (χ1v) is 8.10. The maximum atomic E-state index is 12.0. The van der Waals surface area contributed by atoms with Gasteiger partial charge < -0.3 is 14.5 Å². The highest BCUT2D eigenvalue weighted by molar-refractivity contribution is 7.14. The zero-order chi connectivity index (χ0) is 16.6. The molecule has 3 rings (SSSR count). The molecule has 0 radical (unpaired) electrons. The quantitative estimate of drug-likeness (QED) is 0.765. The molecule has 2 aromatic heterocycles. The minimum atomic E-state index is -0.457. The highest BCUT2D eigenvalue weighted by Crippen LogP contribution is 2.32. The number of carbonyl (C=O) groups excluding carboxylic acids is 1. The SMILES string of the molecule is COc1ccc2oc(-c3csc(NC(=O)C(C)(C)C)n3)cc2c1. The number of nitrogens with one attached hydrogen (secondary N) is 1. The van der Waals surface area contributed by atoms with E-state index in [4.69, 9.17) is 9.15 Å². The predicted molar refractivity (Wildman–Crippen MR) is 92.0 cm³/mol. The third-order valence-corrected chi connectivity index (χ3v) is 4.14. The second-order valence-corrected chi connectivity index (χ2v) is 7.11. The van der Waals surface area contributed by atoms with Crippen LogP contribution in [-0.4, -0.2) is 18.0 Å². The standard InChI is InChI=1S/C17H18N2O3S/c1-17(2,3)15(20)19-16-18-12(9-23-16)14-8-10-7-11(21-4)5-6-13(10)22-14/h5-9H,1-4H3,(H,18,19,20). The minimum absolute atomic E-state index is 0.0623. The fourth-order valence-electron chi connectivity index (χ4n) is 2.00. The minimum Gasteiger partial charge on any atom is -0.497 e. The van der Waals surface area contributed by atoms with Crippen LogP contribution in [0.5, 0.6) is 5.75 Å². The van der Waals surface area contributed by atoms with E-state index in [2.05, 4.69) is 10.3 Å². The summed E-state index contributed by atoms with van der Waals surface area (Å²) in [4.78, 5) is 16.4. The number of furan rings is 1. The Balaban J connectivity index is 1.87. The van der Waals surface area contributed by atoms with Gasteiger partial charge in [0.15, 0.2) is 10.9 Å². The fraction of sp³-hybridized carbons (Fsp3) is 0.294. The van der Waals surface area contributed by atoms with E-state index in [0.717, 1.165) is 16.7 Å². The molecule has 0 bridgehead atoms. The summed E-state index contributed by atoms with van der Waals surface area (Å²) in [5, 5.41) is 6.22. The number of rotatable bonds is 3. The predicted octanol–water partition coefficient (Wildman–Crippen LogP) is 4.55. The average molecular weight is 330 g/mol. The van der Waals surface area contributed by atoms with E-state index in [9.17, 15) is 4.79 Å². The number of thiazole rings is 1. The van der Waals surface area contributed by atoms with Crippen molar-refractivity contribution in [3.05, 3.63) is 29.6 Å². The van der Waals surface area contributed by atoms with E-state index in [0.29, 0.717) is 16.6 Å². The maximum Gasteiger partial charge on any atom is 0.231 e. The molecular formula is C17H18N2O3S. The Morgan fingerprint density at radius 3 is 2.78 bits per heavy atom. The summed E-state index contributed by atoms with van der Waals surface area (Å²) in [6, 6.07) is 7.55. The molecule has 0 spiro atoms. The first kappa shape index (κ1) is 15.6. The molecule has 1 N–H and O–H groups in total. The van der Waals surface area contributed by atoms with Crippen LogP contribution in [0.3, 0.4) is 0 Å². The lowest BCUT2D eigenvalue weighted by Crippen LogP contribution is -2.27. The van der Waals surface area contributed by atoms with Crippen LogP contribution in [0.25, 0.3) is 22.4 Å². The Labute approximate surface area is 138 Å². The van der Waals surface area contributed by atoms with Gasteiger partial charge >= 0.3 is 0 Å². The summed E-state index contributed by atoms with van der Waals surface area (Å²) >= 11 is 1.38. The van der Waals surface area contributed by atoms with Crippen molar-refractivity contribution in [2.24, 2.45) is 5.41 Å². The molecule has 1 aromatic carbocycles. The summed E-state index contributed by atoms with van der Waals surface area (Å²) in [6.45, 7) is 5.59. The Bertz CT molecular complexity index is 858. The second-order valence-electron chi connectivity index (χ2n) is 6.26. The van der Waals surface area contributed by atoms with Crippen molar-refractivity contribution in [1.29, 1.82) is 0 Å². The van der Waals surface area contributed by atoms with Gasteiger partial charge in [0.25, 0.3) is 0 Å². The zero-order valence-corrected chi connectivity index (χ0v) is 14.3. The van der Waals surface area contributed by atoms with Gasteiger partial charge in [0.1, 0.15) is 17.0 Å². The molecule has 0 aliphatic carbocycles. The summed E-state index contributed by atoms with van der Waals surface area (Å²) in [6.07, 6.45) is 0. The van der Waals surface area contributed by atoms with Crippen LogP contribution in [-0.2, 0) is 4.79 Å². The topological polar surface area (TPSA) is 64.4 Å². The van der Waals surface area contributed by atoms with Gasteiger partial charge in [-0.25, -0.2) is 4.98 Å². The largest absolute Gasteiger partial charge is 0.497 e. The third-order valence-electron chi connectivity index (χ3n) is 3.38. The molecular weight excluding hydrogens is 312 g/mol. The lowest BCUT2D eigenvalue weighted by atomic mass is 9.96. The number of hydrogen-bond donors (Lipinski definition) is 1. The van der Waals surface area contributed by atoms with Crippen molar-refractivity contribution in [2.45, 2.75) is 20.8 Å². The Hall–Kier alpha value is -2.34. The molecule has 0 aliphatic heterocycles. The summed E-state index contributed by atoms with van der Waals surface area (Å²) in [5.41, 5.74) is 1.02. The highest BCUT2D eigenvalue weighted by atomic mass is 32.1.